The summed E-state index contributed by atoms with van der Waals surface area (Å²) in [6, 6.07) is 23.9. The second-order valence-electron chi connectivity index (χ2n) is 7.29. The number of rotatable bonds is 7. The Hall–Kier alpha value is -3.23. The van der Waals surface area contributed by atoms with Crippen molar-refractivity contribution >= 4 is 62.1 Å². The quantitative estimate of drug-likeness (QED) is 0.251. The van der Waals surface area contributed by atoms with Gasteiger partial charge in [0.1, 0.15) is 11.5 Å². The molecule has 0 aliphatic carbocycles. The first kappa shape index (κ1) is 24.9. The average Bonchev–Trinajstić information content (AvgIpc) is 2.81. The maximum atomic E-state index is 13.2. The molecule has 1 amide bonds. The van der Waals surface area contributed by atoms with E-state index in [0.717, 1.165) is 0 Å². The number of anilines is 2. The van der Waals surface area contributed by atoms with E-state index >= 15 is 0 Å². The fourth-order valence-corrected chi connectivity index (χ4v) is 5.04. The first-order valence-corrected chi connectivity index (χ1v) is 12.7. The van der Waals surface area contributed by atoms with Crippen LogP contribution in [0.3, 0.4) is 0 Å². The second kappa shape index (κ2) is 10.6. The number of carbonyl (C=O) groups excluding carboxylic acids is 1. The first-order chi connectivity index (χ1) is 16.7. The van der Waals surface area contributed by atoms with Gasteiger partial charge < -0.3 is 10.1 Å². The molecule has 10 heteroatoms. The van der Waals surface area contributed by atoms with Crippen LogP contribution in [-0.2, 0) is 10.0 Å². The molecule has 4 rings (SSSR count). The van der Waals surface area contributed by atoms with Gasteiger partial charge in [-0.15, -0.1) is 0 Å². The predicted octanol–water partition coefficient (Wildman–Crippen LogP) is 7.49. The van der Waals surface area contributed by atoms with Gasteiger partial charge in [0.05, 0.1) is 16.1 Å². The first-order valence-electron chi connectivity index (χ1n) is 10.1. The fraction of sp³-hybridized carbons (Fsp3) is 0. The zero-order valence-corrected chi connectivity index (χ0v) is 20.9. The molecule has 0 spiro atoms. The van der Waals surface area contributed by atoms with E-state index in [1.165, 1.54) is 30.3 Å². The van der Waals surface area contributed by atoms with Crippen LogP contribution in [0.5, 0.6) is 11.5 Å². The molecular formula is C25H17Cl3N2O4S. The van der Waals surface area contributed by atoms with Gasteiger partial charge in [0.2, 0.25) is 0 Å². The minimum atomic E-state index is -4.12. The molecule has 6 nitrogen and oxygen atoms in total. The number of ether oxygens (including phenoxy) is 1. The Kier molecular flexibility index (Phi) is 7.52. The monoisotopic (exact) mass is 546 g/mol. The van der Waals surface area contributed by atoms with Crippen molar-refractivity contribution in [3.8, 4) is 11.5 Å². The second-order valence-corrected chi connectivity index (χ2v) is 10.3. The lowest BCUT2D eigenvalue weighted by molar-refractivity contribution is 0.102. The average molecular weight is 548 g/mol. The SMILES string of the molecule is O=C(Nc1ccc(Cl)cc1)c1cc(Oc2ccccc2)ccc1NS(=O)(=O)c1cc(Cl)cc(Cl)c1. The number of hydrogen-bond acceptors (Lipinski definition) is 4. The van der Waals surface area contributed by atoms with E-state index in [9.17, 15) is 13.2 Å². The summed E-state index contributed by atoms with van der Waals surface area (Å²) in [6.07, 6.45) is 0. The zero-order valence-electron chi connectivity index (χ0n) is 17.8. The molecule has 35 heavy (non-hydrogen) atoms. The van der Waals surface area contributed by atoms with Gasteiger partial charge in [-0.25, -0.2) is 8.42 Å². The van der Waals surface area contributed by atoms with Crippen molar-refractivity contribution in [2.45, 2.75) is 4.90 Å². The van der Waals surface area contributed by atoms with Crippen LogP contribution in [0.2, 0.25) is 15.1 Å². The van der Waals surface area contributed by atoms with Gasteiger partial charge in [0.15, 0.2) is 0 Å². The lowest BCUT2D eigenvalue weighted by Crippen LogP contribution is -2.19. The van der Waals surface area contributed by atoms with Gasteiger partial charge in [-0.05, 0) is 72.8 Å². The van der Waals surface area contributed by atoms with Crippen LogP contribution in [0.15, 0.2) is 95.9 Å². The highest BCUT2D eigenvalue weighted by molar-refractivity contribution is 7.92. The Bertz CT molecular complexity index is 1460. The van der Waals surface area contributed by atoms with Gasteiger partial charge in [0.25, 0.3) is 15.9 Å². The van der Waals surface area contributed by atoms with Crippen molar-refractivity contribution in [2.75, 3.05) is 10.0 Å². The van der Waals surface area contributed by atoms with Crippen LogP contribution < -0.4 is 14.8 Å². The van der Waals surface area contributed by atoms with Crippen LogP contribution in [-0.4, -0.2) is 14.3 Å². The van der Waals surface area contributed by atoms with E-state index in [-0.39, 0.29) is 26.2 Å². The maximum Gasteiger partial charge on any atom is 0.262 e. The molecule has 0 bridgehead atoms. The van der Waals surface area contributed by atoms with Gasteiger partial charge >= 0.3 is 0 Å². The number of para-hydroxylation sites is 1. The number of hydrogen-bond donors (Lipinski definition) is 2. The molecule has 0 aromatic heterocycles. The Morgan fingerprint density at radius 3 is 2.03 bits per heavy atom. The van der Waals surface area contributed by atoms with Crippen LogP contribution in [0.4, 0.5) is 11.4 Å². The van der Waals surface area contributed by atoms with Crippen molar-refractivity contribution in [1.29, 1.82) is 0 Å². The molecule has 0 saturated carbocycles. The minimum absolute atomic E-state index is 0.0325. The minimum Gasteiger partial charge on any atom is -0.457 e. The standard InChI is InChI=1S/C25H17Cl3N2O4S/c26-16-6-8-19(9-7-16)29-25(31)23-15-21(34-20-4-2-1-3-5-20)10-11-24(23)30-35(32,33)22-13-17(27)12-18(28)14-22/h1-15,30H,(H,29,31). The molecule has 0 atom stereocenters. The molecule has 0 radical (unpaired) electrons. The number of halogens is 3. The van der Waals surface area contributed by atoms with Crippen molar-refractivity contribution in [3.05, 3.63) is 112 Å². The molecule has 0 heterocycles. The van der Waals surface area contributed by atoms with E-state index < -0.39 is 15.9 Å². The molecule has 178 valence electrons. The van der Waals surface area contributed by atoms with Crippen molar-refractivity contribution < 1.29 is 17.9 Å². The van der Waals surface area contributed by atoms with E-state index in [0.29, 0.717) is 22.2 Å². The summed E-state index contributed by atoms with van der Waals surface area (Å²) in [5.41, 5.74) is 0.544. The summed E-state index contributed by atoms with van der Waals surface area (Å²) in [6.45, 7) is 0. The third-order valence-electron chi connectivity index (χ3n) is 4.71. The Morgan fingerprint density at radius 1 is 0.714 bits per heavy atom. The summed E-state index contributed by atoms with van der Waals surface area (Å²) < 4.78 is 34.4. The van der Waals surface area contributed by atoms with E-state index in [1.54, 1.807) is 42.5 Å². The molecule has 0 fully saturated rings. The number of nitrogens with one attached hydrogen (secondary N) is 2. The predicted molar refractivity (Wildman–Crippen MR) is 140 cm³/mol. The molecule has 0 aliphatic rings. The smallest absolute Gasteiger partial charge is 0.262 e. The third-order valence-corrected chi connectivity index (χ3v) is 6.74. The Labute approximate surface area is 217 Å². The molecule has 0 aliphatic heterocycles. The maximum absolute atomic E-state index is 13.2. The fourth-order valence-electron chi connectivity index (χ4n) is 3.11. The summed E-state index contributed by atoms with van der Waals surface area (Å²) in [4.78, 5) is 13.0. The number of benzene rings is 4. The van der Waals surface area contributed by atoms with Crippen LogP contribution in [0, 0.1) is 0 Å². The molecule has 0 saturated heterocycles. The number of sulfonamides is 1. The zero-order chi connectivity index (χ0) is 25.0. The lowest BCUT2D eigenvalue weighted by Gasteiger charge is -2.15. The topological polar surface area (TPSA) is 84.5 Å². The summed E-state index contributed by atoms with van der Waals surface area (Å²) in [7, 11) is -4.12. The third kappa shape index (κ3) is 6.46. The normalized spacial score (nSPS) is 11.1. The number of carbonyl (C=O) groups is 1. The van der Waals surface area contributed by atoms with Gasteiger partial charge in [-0.3, -0.25) is 9.52 Å². The van der Waals surface area contributed by atoms with Gasteiger partial charge in [-0.1, -0.05) is 53.0 Å². The highest BCUT2D eigenvalue weighted by Gasteiger charge is 2.21. The molecule has 0 unspecified atom stereocenters. The molecule has 4 aromatic rings. The molecule has 4 aromatic carbocycles. The van der Waals surface area contributed by atoms with Gasteiger partial charge in [-0.2, -0.15) is 0 Å². The van der Waals surface area contributed by atoms with Crippen LogP contribution in [0.25, 0.3) is 0 Å². The van der Waals surface area contributed by atoms with Crippen LogP contribution >= 0.6 is 34.8 Å². The largest absolute Gasteiger partial charge is 0.457 e. The highest BCUT2D eigenvalue weighted by atomic mass is 35.5. The summed E-state index contributed by atoms with van der Waals surface area (Å²) in [5, 5.41) is 3.55. The lowest BCUT2D eigenvalue weighted by atomic mass is 10.1. The van der Waals surface area contributed by atoms with Gasteiger partial charge in [0, 0.05) is 20.8 Å². The Balaban J connectivity index is 1.70. The summed E-state index contributed by atoms with van der Waals surface area (Å²) >= 11 is 17.9. The highest BCUT2D eigenvalue weighted by Crippen LogP contribution is 2.30. The number of amides is 1. The molecule has 2 N–H and O–H groups in total. The van der Waals surface area contributed by atoms with Crippen molar-refractivity contribution in [1.82, 2.24) is 0 Å². The summed E-state index contributed by atoms with van der Waals surface area (Å²) in [5.74, 6) is 0.331. The van der Waals surface area contributed by atoms with Crippen molar-refractivity contribution in [2.24, 2.45) is 0 Å². The molecular weight excluding hydrogens is 531 g/mol. The van der Waals surface area contributed by atoms with E-state index in [4.69, 9.17) is 39.5 Å². The van der Waals surface area contributed by atoms with E-state index in [2.05, 4.69) is 10.0 Å². The Morgan fingerprint density at radius 2 is 1.37 bits per heavy atom. The van der Waals surface area contributed by atoms with Crippen LogP contribution in [0.1, 0.15) is 10.4 Å². The van der Waals surface area contributed by atoms with E-state index in [1.807, 2.05) is 18.2 Å². The van der Waals surface area contributed by atoms with Crippen molar-refractivity contribution in [3.63, 3.8) is 0 Å².